The van der Waals surface area contributed by atoms with Crippen LogP contribution >= 0.6 is 11.6 Å². The van der Waals surface area contributed by atoms with Crippen LogP contribution in [-0.2, 0) is 25.0 Å². The van der Waals surface area contributed by atoms with Crippen molar-refractivity contribution < 1.29 is 35.4 Å². The predicted molar refractivity (Wildman–Crippen MR) is 115 cm³/mol. The van der Waals surface area contributed by atoms with E-state index in [0.717, 1.165) is 24.5 Å². The van der Waals surface area contributed by atoms with Crippen LogP contribution in [0.15, 0.2) is 34.3 Å². The van der Waals surface area contributed by atoms with Crippen LogP contribution in [0.2, 0.25) is 5.28 Å². The van der Waals surface area contributed by atoms with E-state index in [-0.39, 0.29) is 42.2 Å². The van der Waals surface area contributed by atoms with Gasteiger partial charge in [-0.2, -0.15) is 36.8 Å². The lowest BCUT2D eigenvalue weighted by molar-refractivity contribution is 0.106. The Morgan fingerprint density at radius 1 is 0.971 bits per heavy atom. The van der Waals surface area contributed by atoms with Gasteiger partial charge in [0.1, 0.15) is 17.8 Å². The average molecular weight is 534 g/mol. The van der Waals surface area contributed by atoms with Crippen molar-refractivity contribution in [3.05, 3.63) is 29.8 Å². The van der Waals surface area contributed by atoms with Crippen molar-refractivity contribution >= 4 is 43.7 Å². The zero-order valence-electron chi connectivity index (χ0n) is 17.2. The van der Waals surface area contributed by atoms with Gasteiger partial charge in [-0.15, -0.1) is 0 Å². The first-order chi connectivity index (χ1) is 16.0. The van der Waals surface area contributed by atoms with E-state index < -0.39 is 35.6 Å². The molecule has 0 aliphatic rings. The Kier molecular flexibility index (Phi) is 7.85. The molecule has 15 nitrogen and oxygen atoms in total. The van der Waals surface area contributed by atoms with Gasteiger partial charge in [0.25, 0.3) is 20.2 Å². The Bertz CT molecular complexity index is 1410. The summed E-state index contributed by atoms with van der Waals surface area (Å²) in [6.07, 6.45) is 0.973. The molecule has 182 valence electrons. The Labute approximate surface area is 198 Å². The molecule has 0 saturated heterocycles. The van der Waals surface area contributed by atoms with Crippen molar-refractivity contribution in [2.45, 2.75) is 16.7 Å². The SMILES string of the molecule is CCOCCOc1nc(Cl)nc(Nc2ncnc(-c3cc(S(=O)(=O)O)ccc3S(=O)(=O)O)n2)n1. The highest BCUT2D eigenvalue weighted by atomic mass is 35.5. The van der Waals surface area contributed by atoms with Crippen LogP contribution in [0.1, 0.15) is 6.92 Å². The van der Waals surface area contributed by atoms with Crippen molar-refractivity contribution in [3.63, 3.8) is 0 Å². The largest absolute Gasteiger partial charge is 0.461 e. The van der Waals surface area contributed by atoms with Crippen molar-refractivity contribution in [2.75, 3.05) is 25.1 Å². The number of aromatic nitrogens is 6. The lowest BCUT2D eigenvalue weighted by Gasteiger charge is -2.10. The third-order valence-electron chi connectivity index (χ3n) is 3.81. The Balaban J connectivity index is 1.95. The maximum Gasteiger partial charge on any atom is 0.322 e. The van der Waals surface area contributed by atoms with Crippen LogP contribution in [-0.4, -0.2) is 75.7 Å². The summed E-state index contributed by atoms with van der Waals surface area (Å²) in [5, 5.41) is 2.39. The smallest absolute Gasteiger partial charge is 0.322 e. The van der Waals surface area contributed by atoms with E-state index in [4.69, 9.17) is 21.1 Å². The fraction of sp³-hybridized carbons (Fsp3) is 0.250. The first-order valence-corrected chi connectivity index (χ1v) is 12.4. The van der Waals surface area contributed by atoms with Gasteiger partial charge in [-0.05, 0) is 36.7 Å². The Hall–Kier alpha value is -3.09. The molecule has 0 bridgehead atoms. The number of rotatable bonds is 10. The molecule has 0 spiro atoms. The van der Waals surface area contributed by atoms with E-state index in [9.17, 15) is 25.9 Å². The zero-order valence-corrected chi connectivity index (χ0v) is 19.5. The van der Waals surface area contributed by atoms with Gasteiger partial charge in [-0.1, -0.05) is 0 Å². The molecule has 0 amide bonds. The predicted octanol–water partition coefficient (Wildman–Crippen LogP) is 1.03. The minimum Gasteiger partial charge on any atom is -0.461 e. The third-order valence-corrected chi connectivity index (χ3v) is 5.74. The summed E-state index contributed by atoms with van der Waals surface area (Å²) in [6, 6.07) is 2.23. The highest BCUT2D eigenvalue weighted by Crippen LogP contribution is 2.28. The van der Waals surface area contributed by atoms with Gasteiger partial charge in [-0.3, -0.25) is 14.4 Å². The van der Waals surface area contributed by atoms with E-state index >= 15 is 0 Å². The number of ether oxygens (including phenoxy) is 2. The molecule has 3 rings (SSSR count). The molecule has 1 aromatic carbocycles. The van der Waals surface area contributed by atoms with Crippen LogP contribution in [0.3, 0.4) is 0 Å². The highest BCUT2D eigenvalue weighted by molar-refractivity contribution is 7.86. The summed E-state index contributed by atoms with van der Waals surface area (Å²) in [7, 11) is -9.52. The number of anilines is 2. The quantitative estimate of drug-likeness (QED) is 0.245. The molecule has 0 aliphatic heterocycles. The third kappa shape index (κ3) is 6.72. The summed E-state index contributed by atoms with van der Waals surface area (Å²) in [5.74, 6) is -0.694. The molecule has 0 aliphatic carbocycles. The van der Waals surface area contributed by atoms with E-state index in [1.165, 1.54) is 0 Å². The van der Waals surface area contributed by atoms with Gasteiger partial charge in [0.2, 0.25) is 17.2 Å². The topological polar surface area (TPSA) is 217 Å². The standard InChI is InChI=1S/C16H16ClN7O8S2/c1-2-31-5-6-32-16-22-13(17)21-15(24-16)23-14-19-8-18-12(20-14)10-7-9(33(25,26)27)3-4-11(10)34(28,29)30/h3-4,7-8H,2,5-6H2,1H3,(H,25,26,27)(H,28,29,30)(H,18,19,20,21,22,23,24). The molecule has 3 aromatic rings. The summed E-state index contributed by atoms with van der Waals surface area (Å²) >= 11 is 5.87. The number of hydrogen-bond acceptors (Lipinski definition) is 13. The molecular weight excluding hydrogens is 518 g/mol. The normalized spacial score (nSPS) is 11.9. The van der Waals surface area contributed by atoms with Gasteiger partial charge >= 0.3 is 6.01 Å². The van der Waals surface area contributed by atoms with Crippen LogP contribution in [0, 0.1) is 0 Å². The van der Waals surface area contributed by atoms with Crippen LogP contribution in [0.5, 0.6) is 6.01 Å². The molecule has 0 saturated carbocycles. The second-order valence-corrected chi connectivity index (χ2v) is 9.27. The van der Waals surface area contributed by atoms with E-state index in [1.54, 1.807) is 0 Å². The molecule has 0 atom stereocenters. The second kappa shape index (κ2) is 10.5. The maximum atomic E-state index is 11.8. The van der Waals surface area contributed by atoms with E-state index in [2.05, 4.69) is 35.2 Å². The fourth-order valence-electron chi connectivity index (χ4n) is 2.44. The summed E-state index contributed by atoms with van der Waals surface area (Å²) in [4.78, 5) is 21.9. The van der Waals surface area contributed by atoms with Crippen molar-refractivity contribution in [1.82, 2.24) is 29.9 Å². The molecular formula is C16H16ClN7O8S2. The summed E-state index contributed by atoms with van der Waals surface area (Å²) in [5.41, 5.74) is -0.420. The molecule has 2 heterocycles. The minimum absolute atomic E-state index is 0.119. The van der Waals surface area contributed by atoms with Crippen LogP contribution in [0.4, 0.5) is 11.9 Å². The highest BCUT2D eigenvalue weighted by Gasteiger charge is 2.22. The minimum atomic E-state index is -4.81. The van der Waals surface area contributed by atoms with Gasteiger partial charge in [0.05, 0.1) is 11.5 Å². The van der Waals surface area contributed by atoms with Crippen molar-refractivity contribution in [2.24, 2.45) is 0 Å². The molecule has 34 heavy (non-hydrogen) atoms. The number of benzene rings is 1. The maximum absolute atomic E-state index is 11.8. The number of hydrogen-bond donors (Lipinski definition) is 3. The molecule has 2 aromatic heterocycles. The second-order valence-electron chi connectivity index (χ2n) is 6.12. The summed E-state index contributed by atoms with van der Waals surface area (Å²) < 4.78 is 75.7. The Morgan fingerprint density at radius 2 is 1.74 bits per heavy atom. The fourth-order valence-corrected chi connectivity index (χ4v) is 3.77. The van der Waals surface area contributed by atoms with Crippen molar-refractivity contribution in [3.8, 4) is 17.4 Å². The lowest BCUT2D eigenvalue weighted by Crippen LogP contribution is -2.11. The lowest BCUT2D eigenvalue weighted by atomic mass is 10.2. The van der Waals surface area contributed by atoms with E-state index in [1.807, 2.05) is 6.92 Å². The number of nitrogens with zero attached hydrogens (tertiary/aromatic N) is 6. The van der Waals surface area contributed by atoms with Crippen LogP contribution in [0.25, 0.3) is 11.4 Å². The van der Waals surface area contributed by atoms with Gasteiger partial charge in [0.15, 0.2) is 5.82 Å². The molecule has 0 radical (unpaired) electrons. The first-order valence-electron chi connectivity index (χ1n) is 9.15. The summed E-state index contributed by atoms with van der Waals surface area (Å²) in [6.45, 7) is 2.76. The zero-order chi connectivity index (χ0) is 24.9. The van der Waals surface area contributed by atoms with E-state index in [0.29, 0.717) is 6.61 Å². The number of nitrogens with one attached hydrogen (secondary N) is 1. The first kappa shape index (κ1) is 25.5. The number of halogens is 1. The monoisotopic (exact) mass is 533 g/mol. The van der Waals surface area contributed by atoms with Gasteiger partial charge in [-0.25, -0.2) is 9.97 Å². The van der Waals surface area contributed by atoms with Gasteiger partial charge < -0.3 is 9.47 Å². The average Bonchev–Trinajstić information content (AvgIpc) is 2.75. The van der Waals surface area contributed by atoms with Gasteiger partial charge in [0, 0.05) is 12.2 Å². The molecule has 18 heteroatoms. The molecule has 3 N–H and O–H groups in total. The Morgan fingerprint density at radius 3 is 2.41 bits per heavy atom. The molecule has 0 fully saturated rings. The van der Waals surface area contributed by atoms with Crippen molar-refractivity contribution in [1.29, 1.82) is 0 Å². The molecule has 0 unspecified atom stereocenters. The van der Waals surface area contributed by atoms with Crippen LogP contribution < -0.4 is 10.1 Å².